The molecule has 1 aromatic heterocycles. The van der Waals surface area contributed by atoms with E-state index >= 15 is 0 Å². The summed E-state index contributed by atoms with van der Waals surface area (Å²) in [7, 11) is 1.66. The molecule has 2 aliphatic heterocycles. The highest BCUT2D eigenvalue weighted by Gasteiger charge is 2.31. The van der Waals surface area contributed by atoms with Crippen LogP contribution in [0.2, 0.25) is 0 Å². The van der Waals surface area contributed by atoms with Gasteiger partial charge in [0.25, 0.3) is 5.91 Å². The van der Waals surface area contributed by atoms with Crippen molar-refractivity contribution in [3.63, 3.8) is 0 Å². The van der Waals surface area contributed by atoms with Crippen LogP contribution in [0.3, 0.4) is 0 Å². The molecule has 0 spiro atoms. The van der Waals surface area contributed by atoms with Crippen molar-refractivity contribution in [2.45, 2.75) is 39.5 Å². The maximum atomic E-state index is 13.0. The number of amides is 1. The molecule has 3 atom stereocenters. The number of rotatable bonds is 3. The van der Waals surface area contributed by atoms with E-state index in [0.717, 1.165) is 30.1 Å². The van der Waals surface area contributed by atoms with Crippen molar-refractivity contribution in [3.05, 3.63) is 47.5 Å². The zero-order valence-corrected chi connectivity index (χ0v) is 16.2. The molecular formula is C21H27N3O3. The van der Waals surface area contributed by atoms with E-state index in [9.17, 15) is 4.79 Å². The van der Waals surface area contributed by atoms with Gasteiger partial charge in [-0.3, -0.25) is 4.79 Å². The second-order valence-electron chi connectivity index (χ2n) is 7.92. The quantitative estimate of drug-likeness (QED) is 0.833. The minimum absolute atomic E-state index is 0.0358. The third-order valence-electron chi connectivity index (χ3n) is 5.58. The van der Waals surface area contributed by atoms with Crippen molar-refractivity contribution in [2.75, 3.05) is 20.2 Å². The molecule has 27 heavy (non-hydrogen) atoms. The number of imidazole rings is 1. The Bertz CT molecular complexity index is 805. The van der Waals surface area contributed by atoms with Crippen LogP contribution in [0.5, 0.6) is 5.75 Å². The van der Waals surface area contributed by atoms with Crippen molar-refractivity contribution in [1.29, 1.82) is 0 Å². The Labute approximate surface area is 160 Å². The fraction of sp³-hybridized carbons (Fsp3) is 0.524. The zero-order valence-electron chi connectivity index (χ0n) is 16.2. The van der Waals surface area contributed by atoms with E-state index in [1.54, 1.807) is 13.4 Å². The molecule has 1 aromatic carbocycles. The van der Waals surface area contributed by atoms with E-state index in [2.05, 4.69) is 23.4 Å². The number of carbonyl (C=O) groups is 1. The van der Waals surface area contributed by atoms with E-state index in [-0.39, 0.29) is 12.0 Å². The predicted molar refractivity (Wildman–Crippen MR) is 102 cm³/mol. The average molecular weight is 369 g/mol. The molecule has 6 heteroatoms. The SMILES string of the molecule is COc1ccc([C@@H]2Cn3cnc(C(=O)N4C[C@H](C)C[C@H](C)C4)c3CO2)cc1. The lowest BCUT2D eigenvalue weighted by Gasteiger charge is -2.35. The van der Waals surface area contributed by atoms with Crippen LogP contribution in [0, 0.1) is 11.8 Å². The summed E-state index contributed by atoms with van der Waals surface area (Å²) in [6.45, 7) is 7.10. The summed E-state index contributed by atoms with van der Waals surface area (Å²) in [6.07, 6.45) is 2.91. The Morgan fingerprint density at radius 3 is 2.52 bits per heavy atom. The standard InChI is InChI=1S/C21H27N3O3/c1-14-8-15(2)10-23(9-14)21(25)20-18-12-27-19(11-24(18)13-22-20)16-4-6-17(26-3)7-5-16/h4-7,13-15,19H,8-12H2,1-3H3/t14-,15+,19-/m0/s1. The van der Waals surface area contributed by atoms with Gasteiger partial charge in [-0.05, 0) is 36.0 Å². The first-order valence-electron chi connectivity index (χ1n) is 9.64. The Morgan fingerprint density at radius 2 is 1.85 bits per heavy atom. The maximum absolute atomic E-state index is 13.0. The third kappa shape index (κ3) is 3.58. The van der Waals surface area contributed by atoms with Gasteiger partial charge in [0.1, 0.15) is 11.9 Å². The zero-order chi connectivity index (χ0) is 19.0. The minimum atomic E-state index is -0.0458. The number of benzene rings is 1. The van der Waals surface area contributed by atoms with E-state index in [1.165, 1.54) is 6.42 Å². The number of hydrogen-bond acceptors (Lipinski definition) is 4. The number of likely N-dealkylation sites (tertiary alicyclic amines) is 1. The molecule has 2 aromatic rings. The lowest BCUT2D eigenvalue weighted by Crippen LogP contribution is -2.43. The van der Waals surface area contributed by atoms with E-state index in [1.807, 2.05) is 29.2 Å². The van der Waals surface area contributed by atoms with Gasteiger partial charge in [0.05, 0.1) is 32.3 Å². The van der Waals surface area contributed by atoms with Crippen molar-refractivity contribution in [2.24, 2.45) is 11.8 Å². The van der Waals surface area contributed by atoms with Crippen molar-refractivity contribution in [1.82, 2.24) is 14.5 Å². The number of hydrogen-bond donors (Lipinski definition) is 0. The van der Waals surface area contributed by atoms with Crippen molar-refractivity contribution in [3.8, 4) is 5.75 Å². The molecule has 0 aliphatic carbocycles. The molecule has 3 heterocycles. The van der Waals surface area contributed by atoms with Gasteiger partial charge in [-0.1, -0.05) is 26.0 Å². The first kappa shape index (κ1) is 18.0. The van der Waals surface area contributed by atoms with Gasteiger partial charge in [-0.25, -0.2) is 4.98 Å². The monoisotopic (exact) mass is 369 g/mol. The highest BCUT2D eigenvalue weighted by molar-refractivity contribution is 5.93. The highest BCUT2D eigenvalue weighted by Crippen LogP contribution is 2.30. The summed E-state index contributed by atoms with van der Waals surface area (Å²) in [4.78, 5) is 19.4. The Morgan fingerprint density at radius 1 is 1.15 bits per heavy atom. The first-order chi connectivity index (χ1) is 13.0. The van der Waals surface area contributed by atoms with Crippen molar-refractivity contribution >= 4 is 5.91 Å². The van der Waals surface area contributed by atoms with Gasteiger partial charge < -0.3 is 18.9 Å². The average Bonchev–Trinajstić information content (AvgIpc) is 3.10. The summed E-state index contributed by atoms with van der Waals surface area (Å²) in [5, 5.41) is 0. The van der Waals surface area contributed by atoms with E-state index in [4.69, 9.17) is 9.47 Å². The molecule has 0 saturated carbocycles. The smallest absolute Gasteiger partial charge is 0.274 e. The van der Waals surface area contributed by atoms with Crippen molar-refractivity contribution < 1.29 is 14.3 Å². The lowest BCUT2D eigenvalue weighted by molar-refractivity contribution is 0.00217. The molecule has 1 amide bonds. The number of aromatic nitrogens is 2. The summed E-state index contributed by atoms with van der Waals surface area (Å²) in [5.41, 5.74) is 2.53. The van der Waals surface area contributed by atoms with Crippen LogP contribution in [-0.2, 0) is 17.9 Å². The molecule has 0 bridgehead atoms. The molecule has 1 fully saturated rings. The number of methoxy groups -OCH3 is 1. The molecule has 6 nitrogen and oxygen atoms in total. The molecule has 0 N–H and O–H groups in total. The molecule has 1 saturated heterocycles. The van der Waals surface area contributed by atoms with Crippen LogP contribution in [0.15, 0.2) is 30.6 Å². The van der Waals surface area contributed by atoms with Crippen LogP contribution < -0.4 is 4.74 Å². The normalized spacial score (nSPS) is 25.1. The van der Waals surface area contributed by atoms with Crippen LogP contribution >= 0.6 is 0 Å². The Kier molecular flexibility index (Phi) is 4.91. The van der Waals surface area contributed by atoms with Crippen LogP contribution in [0.1, 0.15) is 48.1 Å². The second kappa shape index (κ2) is 7.35. The van der Waals surface area contributed by atoms with Gasteiger partial charge in [0.2, 0.25) is 0 Å². The van der Waals surface area contributed by atoms with Gasteiger partial charge in [-0.15, -0.1) is 0 Å². The largest absolute Gasteiger partial charge is 0.497 e. The number of piperidine rings is 1. The lowest BCUT2D eigenvalue weighted by atomic mass is 9.91. The van der Waals surface area contributed by atoms with Gasteiger partial charge in [0, 0.05) is 13.1 Å². The van der Waals surface area contributed by atoms with E-state index < -0.39 is 0 Å². The van der Waals surface area contributed by atoms with Gasteiger partial charge >= 0.3 is 0 Å². The molecule has 4 rings (SSSR count). The number of nitrogens with zero attached hydrogens (tertiary/aromatic N) is 3. The van der Waals surface area contributed by atoms with Crippen LogP contribution in [0.25, 0.3) is 0 Å². The first-order valence-corrected chi connectivity index (χ1v) is 9.64. The molecule has 0 unspecified atom stereocenters. The molecule has 144 valence electrons. The van der Waals surface area contributed by atoms with Crippen LogP contribution in [-0.4, -0.2) is 40.6 Å². The predicted octanol–water partition coefficient (Wildman–Crippen LogP) is 3.28. The summed E-state index contributed by atoms with van der Waals surface area (Å²) in [5.74, 6) is 1.93. The number of fused-ring (bicyclic) bond motifs is 1. The second-order valence-corrected chi connectivity index (χ2v) is 7.92. The topological polar surface area (TPSA) is 56.6 Å². The fourth-order valence-corrected chi connectivity index (χ4v) is 4.30. The number of carbonyl (C=O) groups excluding carboxylic acids is 1. The summed E-state index contributed by atoms with van der Waals surface area (Å²) >= 11 is 0. The fourth-order valence-electron chi connectivity index (χ4n) is 4.30. The highest BCUT2D eigenvalue weighted by atomic mass is 16.5. The third-order valence-corrected chi connectivity index (χ3v) is 5.58. The van der Waals surface area contributed by atoms with E-state index in [0.29, 0.717) is 30.7 Å². The molecular weight excluding hydrogens is 342 g/mol. The maximum Gasteiger partial charge on any atom is 0.274 e. The molecule has 0 radical (unpaired) electrons. The van der Waals surface area contributed by atoms with Crippen LogP contribution in [0.4, 0.5) is 0 Å². The Hall–Kier alpha value is -2.34. The minimum Gasteiger partial charge on any atom is -0.497 e. The molecule has 2 aliphatic rings. The summed E-state index contributed by atoms with van der Waals surface area (Å²) < 4.78 is 13.3. The van der Waals surface area contributed by atoms with Gasteiger partial charge in [0.15, 0.2) is 5.69 Å². The number of ether oxygens (including phenoxy) is 2. The Balaban J connectivity index is 1.50. The van der Waals surface area contributed by atoms with Gasteiger partial charge in [-0.2, -0.15) is 0 Å². The summed E-state index contributed by atoms with van der Waals surface area (Å²) in [6, 6.07) is 7.92.